The Bertz CT molecular complexity index is 834. The molecule has 1 fully saturated rings. The van der Waals surface area contributed by atoms with E-state index in [0.717, 1.165) is 4.31 Å². The van der Waals surface area contributed by atoms with Gasteiger partial charge in [0.05, 0.1) is 4.90 Å². The molecule has 1 aliphatic rings. The quantitative estimate of drug-likeness (QED) is 0.885. The molecule has 0 aromatic heterocycles. The summed E-state index contributed by atoms with van der Waals surface area (Å²) in [4.78, 5) is 11.4. The topological polar surface area (TPSA) is 83.9 Å². The van der Waals surface area contributed by atoms with Crippen molar-refractivity contribution in [2.45, 2.75) is 30.2 Å². The third-order valence-electron chi connectivity index (χ3n) is 4.15. The number of sulfonamides is 1. The first kappa shape index (κ1) is 17.4. The number of hydrogen-bond donors (Lipinski definition) is 1. The maximum atomic E-state index is 12.8. The molecule has 132 valence electrons. The molecule has 3 rings (SSSR count). The molecule has 1 heterocycles. The number of benzene rings is 2. The number of piperidine rings is 1. The molecule has 7 heteroatoms. The fourth-order valence-electron chi connectivity index (χ4n) is 2.88. The highest BCUT2D eigenvalue weighted by Gasteiger charge is 2.37. The van der Waals surface area contributed by atoms with Gasteiger partial charge in [0.2, 0.25) is 10.0 Å². The smallest absolute Gasteiger partial charge is 0.322 e. The van der Waals surface area contributed by atoms with Gasteiger partial charge in [-0.15, -0.1) is 0 Å². The van der Waals surface area contributed by atoms with Gasteiger partial charge in [0.25, 0.3) is 0 Å². The molecule has 0 spiro atoms. The van der Waals surface area contributed by atoms with Crippen LogP contribution in [-0.4, -0.2) is 36.4 Å². The summed E-state index contributed by atoms with van der Waals surface area (Å²) in [5.74, 6) is 0.0611. The van der Waals surface area contributed by atoms with Crippen LogP contribution in [-0.2, 0) is 14.8 Å². The van der Waals surface area contributed by atoms with Gasteiger partial charge in [-0.2, -0.15) is 4.31 Å². The summed E-state index contributed by atoms with van der Waals surface area (Å²) in [6, 6.07) is 14.2. The Kier molecular flexibility index (Phi) is 5.06. The van der Waals surface area contributed by atoms with Crippen molar-refractivity contribution in [2.75, 3.05) is 6.54 Å². The van der Waals surface area contributed by atoms with Gasteiger partial charge >= 0.3 is 5.97 Å². The van der Waals surface area contributed by atoms with E-state index in [-0.39, 0.29) is 11.4 Å². The van der Waals surface area contributed by atoms with Gasteiger partial charge in [0, 0.05) is 6.54 Å². The van der Waals surface area contributed by atoms with Crippen molar-refractivity contribution in [1.82, 2.24) is 4.31 Å². The number of para-hydroxylation sites is 1. The number of aliphatic carboxylic acids is 1. The number of ether oxygens (including phenoxy) is 1. The van der Waals surface area contributed by atoms with Crippen molar-refractivity contribution in [3.63, 3.8) is 0 Å². The van der Waals surface area contributed by atoms with Crippen LogP contribution in [0, 0.1) is 0 Å². The Morgan fingerprint density at radius 3 is 2.28 bits per heavy atom. The Labute approximate surface area is 146 Å². The van der Waals surface area contributed by atoms with Crippen LogP contribution in [0.15, 0.2) is 59.5 Å². The third kappa shape index (κ3) is 3.83. The number of carboxylic acid groups (broad SMARTS) is 1. The van der Waals surface area contributed by atoms with Gasteiger partial charge in [-0.1, -0.05) is 18.2 Å². The minimum Gasteiger partial charge on any atom is -0.480 e. The SMILES string of the molecule is O=C(O)[C@H]1CCCCN1S(=O)(=O)c1ccc(Oc2ccccc2)cc1. The minimum atomic E-state index is -3.85. The van der Waals surface area contributed by atoms with Crippen LogP contribution in [0.1, 0.15) is 19.3 Å². The molecule has 1 saturated heterocycles. The first-order chi connectivity index (χ1) is 12.0. The van der Waals surface area contributed by atoms with E-state index in [1.807, 2.05) is 18.2 Å². The highest BCUT2D eigenvalue weighted by Crippen LogP contribution is 2.28. The van der Waals surface area contributed by atoms with E-state index in [0.29, 0.717) is 30.8 Å². The van der Waals surface area contributed by atoms with Crippen molar-refractivity contribution in [3.05, 3.63) is 54.6 Å². The molecule has 1 atom stereocenters. The van der Waals surface area contributed by atoms with Gasteiger partial charge in [-0.25, -0.2) is 8.42 Å². The molecule has 25 heavy (non-hydrogen) atoms. The van der Waals surface area contributed by atoms with E-state index in [9.17, 15) is 18.3 Å². The van der Waals surface area contributed by atoms with E-state index in [2.05, 4.69) is 0 Å². The summed E-state index contributed by atoms with van der Waals surface area (Å²) in [5, 5.41) is 9.30. The van der Waals surface area contributed by atoms with Crippen molar-refractivity contribution < 1.29 is 23.1 Å². The number of nitrogens with zero attached hydrogens (tertiary/aromatic N) is 1. The summed E-state index contributed by atoms with van der Waals surface area (Å²) in [6.45, 7) is 0.224. The van der Waals surface area contributed by atoms with Gasteiger partial charge in [-0.3, -0.25) is 4.79 Å². The van der Waals surface area contributed by atoms with Crippen LogP contribution in [0.3, 0.4) is 0 Å². The molecular weight excluding hydrogens is 342 g/mol. The lowest BCUT2D eigenvalue weighted by Gasteiger charge is -2.31. The lowest BCUT2D eigenvalue weighted by Crippen LogP contribution is -2.47. The van der Waals surface area contributed by atoms with Crippen LogP contribution in [0.25, 0.3) is 0 Å². The lowest BCUT2D eigenvalue weighted by molar-refractivity contribution is -0.142. The summed E-state index contributed by atoms with van der Waals surface area (Å²) >= 11 is 0. The van der Waals surface area contributed by atoms with E-state index in [4.69, 9.17) is 4.74 Å². The standard InChI is InChI=1S/C18H19NO5S/c20-18(21)17-8-4-5-13-19(17)25(22,23)16-11-9-15(10-12-16)24-14-6-2-1-3-7-14/h1-3,6-7,9-12,17H,4-5,8,13H2,(H,20,21)/t17-/m1/s1. The zero-order chi connectivity index (χ0) is 17.9. The third-order valence-corrected chi connectivity index (χ3v) is 6.07. The Morgan fingerprint density at radius 2 is 1.64 bits per heavy atom. The lowest BCUT2D eigenvalue weighted by atomic mass is 10.1. The van der Waals surface area contributed by atoms with Crippen molar-refractivity contribution >= 4 is 16.0 Å². The largest absolute Gasteiger partial charge is 0.480 e. The van der Waals surface area contributed by atoms with Crippen molar-refractivity contribution in [3.8, 4) is 11.5 Å². The first-order valence-electron chi connectivity index (χ1n) is 8.06. The predicted molar refractivity (Wildman–Crippen MR) is 92.1 cm³/mol. The molecule has 6 nitrogen and oxygen atoms in total. The van der Waals surface area contributed by atoms with E-state index in [1.165, 1.54) is 12.1 Å². The molecule has 0 amide bonds. The second-order valence-electron chi connectivity index (χ2n) is 5.85. The molecule has 1 aliphatic heterocycles. The van der Waals surface area contributed by atoms with Crippen LogP contribution < -0.4 is 4.74 Å². The van der Waals surface area contributed by atoms with Gasteiger partial charge in [-0.05, 0) is 55.7 Å². The molecule has 0 bridgehead atoms. The summed E-state index contributed by atoms with van der Waals surface area (Å²) in [5.41, 5.74) is 0. The van der Waals surface area contributed by atoms with E-state index >= 15 is 0 Å². The van der Waals surface area contributed by atoms with E-state index in [1.54, 1.807) is 24.3 Å². The van der Waals surface area contributed by atoms with Crippen LogP contribution in [0.5, 0.6) is 11.5 Å². The number of carboxylic acids is 1. The molecule has 0 aliphatic carbocycles. The first-order valence-corrected chi connectivity index (χ1v) is 9.50. The molecule has 0 saturated carbocycles. The highest BCUT2D eigenvalue weighted by molar-refractivity contribution is 7.89. The molecular formula is C18H19NO5S. The van der Waals surface area contributed by atoms with E-state index < -0.39 is 22.0 Å². The Hall–Kier alpha value is -2.38. The molecule has 0 radical (unpaired) electrons. The number of hydrogen-bond acceptors (Lipinski definition) is 4. The summed E-state index contributed by atoms with van der Waals surface area (Å²) in [6.07, 6.45) is 1.72. The molecule has 0 unspecified atom stereocenters. The maximum absolute atomic E-state index is 12.8. The van der Waals surface area contributed by atoms with Crippen LogP contribution in [0.2, 0.25) is 0 Å². The monoisotopic (exact) mass is 361 g/mol. The second-order valence-corrected chi connectivity index (χ2v) is 7.74. The fourth-order valence-corrected chi connectivity index (χ4v) is 4.53. The minimum absolute atomic E-state index is 0.0704. The zero-order valence-electron chi connectivity index (χ0n) is 13.5. The summed E-state index contributed by atoms with van der Waals surface area (Å²) < 4.78 is 32.3. The number of rotatable bonds is 5. The summed E-state index contributed by atoms with van der Waals surface area (Å²) in [7, 11) is -3.85. The predicted octanol–water partition coefficient (Wildman–Crippen LogP) is 3.11. The zero-order valence-corrected chi connectivity index (χ0v) is 14.4. The Morgan fingerprint density at radius 1 is 1.00 bits per heavy atom. The van der Waals surface area contributed by atoms with Crippen molar-refractivity contribution in [1.29, 1.82) is 0 Å². The van der Waals surface area contributed by atoms with Gasteiger partial charge in [0.15, 0.2) is 0 Å². The maximum Gasteiger partial charge on any atom is 0.322 e. The van der Waals surface area contributed by atoms with Crippen molar-refractivity contribution in [2.24, 2.45) is 0 Å². The second kappa shape index (κ2) is 7.25. The van der Waals surface area contributed by atoms with Crippen LogP contribution >= 0.6 is 0 Å². The average Bonchev–Trinajstić information content (AvgIpc) is 2.63. The van der Waals surface area contributed by atoms with Gasteiger partial charge < -0.3 is 9.84 Å². The van der Waals surface area contributed by atoms with Gasteiger partial charge in [0.1, 0.15) is 17.5 Å². The Balaban J connectivity index is 1.81. The normalized spacial score (nSPS) is 18.6. The molecule has 1 N–H and O–H groups in total. The average molecular weight is 361 g/mol. The van der Waals surface area contributed by atoms with Crippen LogP contribution in [0.4, 0.5) is 0 Å². The molecule has 2 aromatic carbocycles. The molecule has 2 aromatic rings. The number of carbonyl (C=O) groups is 1. The highest BCUT2D eigenvalue weighted by atomic mass is 32.2. The fraction of sp³-hybridized carbons (Fsp3) is 0.278.